The lowest BCUT2D eigenvalue weighted by Crippen LogP contribution is -2.36. The largest absolute Gasteiger partial charge is 0.706 e. The van der Waals surface area contributed by atoms with Crippen LogP contribution in [0.15, 0.2) is 53.6 Å². The maximum absolute atomic E-state index is 11.9. The van der Waals surface area contributed by atoms with E-state index in [0.717, 1.165) is 5.56 Å². The molecule has 0 radical (unpaired) electrons. The summed E-state index contributed by atoms with van der Waals surface area (Å²) < 4.78 is 5.36. The van der Waals surface area contributed by atoms with Crippen LogP contribution in [-0.2, 0) is 4.79 Å². The zero-order valence-corrected chi connectivity index (χ0v) is 13.9. The average molecular weight is 339 g/mol. The van der Waals surface area contributed by atoms with Crippen molar-refractivity contribution < 1.29 is 14.3 Å². The van der Waals surface area contributed by atoms with Crippen LogP contribution in [0.25, 0.3) is 5.53 Å². The zero-order valence-electron chi connectivity index (χ0n) is 13.9. The van der Waals surface area contributed by atoms with Gasteiger partial charge in [-0.15, -0.1) is 0 Å². The number of carbonyl (C=O) groups excluding carboxylic acids is 2. The van der Waals surface area contributed by atoms with Crippen LogP contribution in [0.2, 0.25) is 0 Å². The minimum Gasteiger partial charge on any atom is -0.706 e. The van der Waals surface area contributed by atoms with E-state index in [9.17, 15) is 9.59 Å². The standard InChI is InChI=1S/C18H19N4O3/c1-13-2-8-16(9-3-13)25-12-17(23)20-10-11-21-18(24)14-4-6-15(22-19)7-5-14/h2-9H,10-12H2,1H3,(H,20,23)(H,21,24)/q-1. The molecule has 7 heteroatoms. The summed E-state index contributed by atoms with van der Waals surface area (Å²) in [6.45, 7) is 2.48. The molecule has 0 fully saturated rings. The van der Waals surface area contributed by atoms with Gasteiger partial charge in [-0.25, -0.2) is 0 Å². The molecule has 0 saturated carbocycles. The van der Waals surface area contributed by atoms with Crippen LogP contribution < -0.4 is 15.4 Å². The fourth-order valence-electron chi connectivity index (χ4n) is 1.99. The highest BCUT2D eigenvalue weighted by Crippen LogP contribution is 2.12. The molecule has 0 atom stereocenters. The Labute approximate surface area is 145 Å². The van der Waals surface area contributed by atoms with E-state index in [4.69, 9.17) is 10.3 Å². The summed E-state index contributed by atoms with van der Waals surface area (Å²) in [6, 6.07) is 13.6. The third kappa shape index (κ3) is 6.06. The number of nitrogens with zero attached hydrogens (tertiary/aromatic N) is 2. The molecule has 0 unspecified atom stereocenters. The van der Waals surface area contributed by atoms with Gasteiger partial charge in [0.1, 0.15) is 5.75 Å². The molecule has 130 valence electrons. The Morgan fingerprint density at radius 1 is 1.00 bits per heavy atom. The van der Waals surface area contributed by atoms with Crippen molar-refractivity contribution in [1.29, 1.82) is 0 Å². The first kappa shape index (κ1) is 18.1. The number of hydrogen-bond acceptors (Lipinski definition) is 4. The Hall–Kier alpha value is -3.22. The number of carbonyl (C=O) groups is 2. The summed E-state index contributed by atoms with van der Waals surface area (Å²) in [5, 5.41) is 8.37. The summed E-state index contributed by atoms with van der Waals surface area (Å²) in [5.41, 5.74) is 10.5. The molecule has 0 aliphatic heterocycles. The first-order valence-corrected chi connectivity index (χ1v) is 7.78. The minimum atomic E-state index is -0.269. The van der Waals surface area contributed by atoms with Crippen LogP contribution in [0.5, 0.6) is 5.75 Å². The molecule has 0 aliphatic carbocycles. The molecule has 0 heterocycles. The summed E-state index contributed by atoms with van der Waals surface area (Å²) in [5.74, 6) is 0.102. The van der Waals surface area contributed by atoms with Crippen LogP contribution >= 0.6 is 0 Å². The molecule has 0 saturated heterocycles. The molecule has 25 heavy (non-hydrogen) atoms. The molecular weight excluding hydrogens is 320 g/mol. The van der Waals surface area contributed by atoms with Gasteiger partial charge in [0.25, 0.3) is 11.8 Å². The van der Waals surface area contributed by atoms with E-state index < -0.39 is 0 Å². The lowest BCUT2D eigenvalue weighted by atomic mass is 10.2. The Morgan fingerprint density at radius 3 is 2.28 bits per heavy atom. The molecule has 2 N–H and O–H groups in total. The van der Waals surface area contributed by atoms with Crippen molar-refractivity contribution >= 4 is 17.5 Å². The summed E-state index contributed by atoms with van der Waals surface area (Å²) >= 11 is 0. The van der Waals surface area contributed by atoms with E-state index >= 15 is 0 Å². The van der Waals surface area contributed by atoms with Crippen LogP contribution in [0, 0.1) is 6.92 Å². The number of ether oxygens (including phenoxy) is 1. The number of nitrogens with one attached hydrogen (secondary N) is 2. The predicted molar refractivity (Wildman–Crippen MR) is 93.9 cm³/mol. The maximum Gasteiger partial charge on any atom is 0.258 e. The second-order valence-electron chi connectivity index (χ2n) is 5.35. The van der Waals surface area contributed by atoms with Crippen molar-refractivity contribution in [1.82, 2.24) is 10.6 Å². The maximum atomic E-state index is 11.9. The fourth-order valence-corrected chi connectivity index (χ4v) is 1.99. The van der Waals surface area contributed by atoms with Crippen molar-refractivity contribution in [2.45, 2.75) is 6.92 Å². The number of amides is 2. The van der Waals surface area contributed by atoms with E-state index in [2.05, 4.69) is 15.7 Å². The minimum absolute atomic E-state index is 0.0802. The van der Waals surface area contributed by atoms with Crippen LogP contribution in [0.3, 0.4) is 0 Å². The molecule has 0 aliphatic rings. The third-order valence-electron chi connectivity index (χ3n) is 3.37. The molecule has 2 amide bonds. The summed E-state index contributed by atoms with van der Waals surface area (Å²) in [4.78, 5) is 23.6. The molecular formula is C18H19N4O3-. The normalized spacial score (nSPS) is 9.96. The first-order valence-electron chi connectivity index (χ1n) is 7.78. The van der Waals surface area contributed by atoms with E-state index in [-0.39, 0.29) is 18.4 Å². The third-order valence-corrected chi connectivity index (χ3v) is 3.37. The Balaban J connectivity index is 1.64. The van der Waals surface area contributed by atoms with Crippen LogP contribution in [0.1, 0.15) is 15.9 Å². The topological polar surface area (TPSA) is 102 Å². The lowest BCUT2D eigenvalue weighted by Gasteiger charge is -2.09. The Kier molecular flexibility index (Phi) is 6.65. The molecule has 0 spiro atoms. The monoisotopic (exact) mass is 339 g/mol. The second kappa shape index (κ2) is 9.17. The number of hydrogen-bond donors (Lipinski definition) is 2. The first-order chi connectivity index (χ1) is 12.1. The van der Waals surface area contributed by atoms with Gasteiger partial charge in [-0.1, -0.05) is 17.7 Å². The second-order valence-corrected chi connectivity index (χ2v) is 5.35. The van der Waals surface area contributed by atoms with Gasteiger partial charge in [0.2, 0.25) is 0 Å². The lowest BCUT2D eigenvalue weighted by molar-refractivity contribution is -0.123. The van der Waals surface area contributed by atoms with E-state index in [1.165, 1.54) is 12.1 Å². The molecule has 2 aromatic carbocycles. The van der Waals surface area contributed by atoms with E-state index in [0.29, 0.717) is 30.1 Å². The zero-order chi connectivity index (χ0) is 18.1. The van der Waals surface area contributed by atoms with Crippen LogP contribution in [0.4, 0.5) is 5.69 Å². The highest BCUT2D eigenvalue weighted by Gasteiger charge is 2.05. The smallest absolute Gasteiger partial charge is 0.258 e. The fraction of sp³-hybridized carbons (Fsp3) is 0.222. The molecule has 7 nitrogen and oxygen atoms in total. The summed E-state index contributed by atoms with van der Waals surface area (Å²) in [7, 11) is 0. The number of aryl methyl sites for hydroxylation is 1. The highest BCUT2D eigenvalue weighted by molar-refractivity contribution is 5.94. The average Bonchev–Trinajstić information content (AvgIpc) is 2.64. The van der Waals surface area contributed by atoms with Crippen molar-refractivity contribution in [3.05, 3.63) is 65.2 Å². The van der Waals surface area contributed by atoms with Crippen molar-refractivity contribution in [3.8, 4) is 5.75 Å². The predicted octanol–water partition coefficient (Wildman–Crippen LogP) is 2.57. The van der Waals surface area contributed by atoms with Gasteiger partial charge in [-0.3, -0.25) is 9.59 Å². The Morgan fingerprint density at radius 2 is 1.64 bits per heavy atom. The SMILES string of the molecule is Cc1ccc(OCC(=O)NCCNC(=O)c2ccc(N=[N-])cc2)cc1. The van der Waals surface area contributed by atoms with Gasteiger partial charge in [0, 0.05) is 24.3 Å². The van der Waals surface area contributed by atoms with Gasteiger partial charge < -0.3 is 26.0 Å². The van der Waals surface area contributed by atoms with Gasteiger partial charge in [-0.2, -0.15) is 0 Å². The molecule has 0 aromatic heterocycles. The van der Waals surface area contributed by atoms with Crippen molar-refractivity contribution in [3.63, 3.8) is 0 Å². The Bertz CT molecular complexity index is 727. The number of rotatable bonds is 8. The van der Waals surface area contributed by atoms with Crippen molar-refractivity contribution in [2.75, 3.05) is 19.7 Å². The van der Waals surface area contributed by atoms with Gasteiger partial charge >= 0.3 is 0 Å². The van der Waals surface area contributed by atoms with Gasteiger partial charge in [0.15, 0.2) is 6.61 Å². The van der Waals surface area contributed by atoms with Gasteiger partial charge in [-0.05, 0) is 43.3 Å². The van der Waals surface area contributed by atoms with Gasteiger partial charge in [0.05, 0.1) is 0 Å². The molecule has 0 bridgehead atoms. The molecule has 2 aromatic rings. The molecule has 2 rings (SSSR count). The van der Waals surface area contributed by atoms with Crippen molar-refractivity contribution in [2.24, 2.45) is 5.11 Å². The quantitative estimate of drug-likeness (QED) is 0.571. The van der Waals surface area contributed by atoms with E-state index in [1.807, 2.05) is 19.1 Å². The number of benzene rings is 2. The van der Waals surface area contributed by atoms with Crippen LogP contribution in [-0.4, -0.2) is 31.5 Å². The van der Waals surface area contributed by atoms with E-state index in [1.54, 1.807) is 24.3 Å². The summed E-state index contributed by atoms with van der Waals surface area (Å²) in [6.07, 6.45) is 0. The highest BCUT2D eigenvalue weighted by atomic mass is 16.5.